The Bertz CT molecular complexity index is 2370. The average molecular weight is 620 g/mol. The van der Waals surface area contributed by atoms with Crippen LogP contribution in [0.3, 0.4) is 0 Å². The summed E-state index contributed by atoms with van der Waals surface area (Å²) in [5.74, 6) is 1.77. The van der Waals surface area contributed by atoms with Crippen LogP contribution in [0.25, 0.3) is 67.7 Å². The second kappa shape index (κ2) is 11.2. The van der Waals surface area contributed by atoms with Crippen LogP contribution < -0.4 is 15.8 Å². The minimum absolute atomic E-state index is 0.588. The molecular weight excluding hydrogens is 594 g/mol. The molecule has 0 spiro atoms. The van der Waals surface area contributed by atoms with Gasteiger partial charge in [-0.25, -0.2) is 15.0 Å². The molecule has 0 aliphatic rings. The van der Waals surface area contributed by atoms with Gasteiger partial charge in [0.15, 0.2) is 16.7 Å². The van der Waals surface area contributed by atoms with E-state index < -0.39 is 0 Å². The van der Waals surface area contributed by atoms with Gasteiger partial charge >= 0.3 is 0 Å². The highest BCUT2D eigenvalue weighted by Gasteiger charge is 2.17. The van der Waals surface area contributed by atoms with Gasteiger partial charge in [0, 0.05) is 33.8 Å². The van der Waals surface area contributed by atoms with Crippen LogP contribution in [-0.4, -0.2) is 30.6 Å². The summed E-state index contributed by atoms with van der Waals surface area (Å²) >= 11 is 0. The third-order valence-electron chi connectivity index (χ3n) is 8.71. The molecule has 48 heavy (non-hydrogen) atoms. The topological polar surface area (TPSA) is 81.3 Å². The Balaban J connectivity index is 1.09. The van der Waals surface area contributed by atoms with Crippen LogP contribution in [0.2, 0.25) is 0 Å². The van der Waals surface area contributed by atoms with Crippen molar-refractivity contribution in [2.45, 2.75) is 0 Å². The smallest absolute Gasteiger partial charge is 0.227 e. The fourth-order valence-corrected chi connectivity index (χ4v) is 6.00. The van der Waals surface area contributed by atoms with Crippen LogP contribution in [0, 0.1) is 0 Å². The van der Waals surface area contributed by atoms with Gasteiger partial charge in [0.25, 0.3) is 0 Å². The fraction of sp³-hybridized carbons (Fsp3) is 0. The van der Waals surface area contributed by atoms with Crippen LogP contribution in [0.15, 0.2) is 147 Å². The summed E-state index contributed by atoms with van der Waals surface area (Å²) in [6.45, 7) is 0. The summed E-state index contributed by atoms with van der Waals surface area (Å²) in [7, 11) is 4.17. The zero-order chi connectivity index (χ0) is 32.2. The molecule has 7 nitrogen and oxygen atoms in total. The van der Waals surface area contributed by atoms with E-state index in [1.165, 1.54) is 10.9 Å². The van der Waals surface area contributed by atoms with E-state index in [1.54, 1.807) is 0 Å². The molecule has 0 saturated heterocycles. The molecule has 0 amide bonds. The quantitative estimate of drug-likeness (QED) is 0.184. The third-order valence-corrected chi connectivity index (χ3v) is 8.71. The van der Waals surface area contributed by atoms with E-state index in [9.17, 15) is 0 Å². The van der Waals surface area contributed by atoms with Crippen molar-refractivity contribution >= 4 is 77.0 Å². The zero-order valence-corrected chi connectivity index (χ0v) is 26.2. The van der Waals surface area contributed by atoms with Gasteiger partial charge in [-0.05, 0) is 109 Å². The number of hydrogen-bond donors (Lipinski definition) is 0. The Morgan fingerprint density at radius 1 is 0.396 bits per heavy atom. The van der Waals surface area contributed by atoms with Gasteiger partial charge in [-0.3, -0.25) is 0 Å². The first kappa shape index (κ1) is 27.9. The molecule has 0 aliphatic heterocycles. The summed E-state index contributed by atoms with van der Waals surface area (Å²) < 4.78 is 18.2. The molecule has 0 radical (unpaired) electrons. The first-order valence-corrected chi connectivity index (χ1v) is 15.8. The minimum atomic E-state index is 0.588. The Hall–Kier alpha value is -6.34. The zero-order valence-electron chi connectivity index (χ0n) is 26.2. The summed E-state index contributed by atoms with van der Waals surface area (Å²) in [4.78, 5) is 16.3. The number of nitrogens with zero attached hydrogens (tertiary/aromatic N) is 4. The van der Waals surface area contributed by atoms with Gasteiger partial charge in [-0.15, -0.1) is 0 Å². The number of aromatic nitrogens is 3. The normalized spacial score (nSPS) is 11.5. The van der Waals surface area contributed by atoms with Crippen LogP contribution >= 0.6 is 0 Å². The third kappa shape index (κ3) is 4.93. The Morgan fingerprint density at radius 2 is 0.771 bits per heavy atom. The molecule has 9 heteroatoms. The van der Waals surface area contributed by atoms with Crippen molar-refractivity contribution < 1.29 is 13.3 Å². The van der Waals surface area contributed by atoms with E-state index in [4.69, 9.17) is 18.2 Å². The molecule has 0 atom stereocenters. The van der Waals surface area contributed by atoms with Crippen molar-refractivity contribution in [1.29, 1.82) is 0 Å². The van der Waals surface area contributed by atoms with E-state index in [-0.39, 0.29) is 0 Å². The minimum Gasteiger partial charge on any atom is -0.436 e. The molecule has 9 aromatic rings. The Morgan fingerprint density at radius 3 is 1.21 bits per heavy atom. The predicted molar refractivity (Wildman–Crippen MR) is 196 cm³/mol. The van der Waals surface area contributed by atoms with E-state index in [0.29, 0.717) is 17.7 Å². The number of rotatable bonds is 6. The number of hydrogen-bond acceptors (Lipinski definition) is 7. The number of oxazole rings is 3. The lowest BCUT2D eigenvalue weighted by Gasteiger charge is -2.26. The summed E-state index contributed by atoms with van der Waals surface area (Å²) in [6.07, 6.45) is 0. The lowest BCUT2D eigenvalue weighted by molar-refractivity contribution is 0.619. The fourth-order valence-electron chi connectivity index (χ4n) is 6.00. The molecule has 0 unspecified atom stereocenters. The van der Waals surface area contributed by atoms with Crippen LogP contribution in [0.1, 0.15) is 0 Å². The molecule has 226 valence electrons. The van der Waals surface area contributed by atoms with Gasteiger partial charge in [0.2, 0.25) is 17.7 Å². The number of anilines is 3. The van der Waals surface area contributed by atoms with E-state index >= 15 is 0 Å². The highest BCUT2D eigenvalue weighted by Crippen LogP contribution is 2.38. The maximum Gasteiger partial charge on any atom is 0.227 e. The molecule has 0 aliphatic carbocycles. The molecular formula is C39H26B2N4O3. The first-order chi connectivity index (χ1) is 23.6. The van der Waals surface area contributed by atoms with Gasteiger partial charge in [0.05, 0.1) is 0 Å². The predicted octanol–water partition coefficient (Wildman–Crippen LogP) is 7.10. The molecule has 0 fully saturated rings. The van der Waals surface area contributed by atoms with Crippen molar-refractivity contribution in [2.24, 2.45) is 0 Å². The monoisotopic (exact) mass is 620 g/mol. The lowest BCUT2D eigenvalue weighted by atomic mass is 9.81. The van der Waals surface area contributed by atoms with Gasteiger partial charge in [0.1, 0.15) is 32.2 Å². The second-order valence-corrected chi connectivity index (χ2v) is 11.9. The Kier molecular flexibility index (Phi) is 6.50. The maximum atomic E-state index is 6.16. The first-order valence-electron chi connectivity index (χ1n) is 15.8. The standard InChI is InChI=1S/C39H26B2N4O3/c40-29-21-33-36(22-30(29)41)48-39(44-33)25-13-19-28(20-14-25)45(26-15-9-23(10-16-26)37-42-31-5-1-3-7-34(31)46-37)27-17-11-24(12-18-27)38-43-32-6-2-4-8-35(32)47-38/h1-22H,40-41H2. The van der Waals surface area contributed by atoms with E-state index in [1.807, 2.05) is 91.0 Å². The van der Waals surface area contributed by atoms with Crippen molar-refractivity contribution in [3.63, 3.8) is 0 Å². The number of para-hydroxylation sites is 4. The van der Waals surface area contributed by atoms with Crippen molar-refractivity contribution in [3.8, 4) is 34.4 Å². The van der Waals surface area contributed by atoms with Crippen molar-refractivity contribution in [2.75, 3.05) is 4.90 Å². The molecule has 3 aromatic heterocycles. The average Bonchev–Trinajstić information content (AvgIpc) is 3.86. The van der Waals surface area contributed by atoms with Gasteiger partial charge in [-0.1, -0.05) is 35.2 Å². The van der Waals surface area contributed by atoms with Crippen LogP contribution in [0.5, 0.6) is 0 Å². The summed E-state index contributed by atoms with van der Waals surface area (Å²) in [5, 5.41) is 0. The van der Waals surface area contributed by atoms with Gasteiger partial charge < -0.3 is 18.2 Å². The van der Waals surface area contributed by atoms with E-state index in [0.717, 1.165) is 67.1 Å². The molecule has 0 N–H and O–H groups in total. The molecule has 6 aromatic carbocycles. The second-order valence-electron chi connectivity index (χ2n) is 11.9. The van der Waals surface area contributed by atoms with Crippen LogP contribution in [0.4, 0.5) is 17.1 Å². The maximum absolute atomic E-state index is 6.16. The molecule has 0 saturated carbocycles. The molecule has 3 heterocycles. The SMILES string of the molecule is Bc1cc2nc(-c3ccc(N(c4ccc(-c5nc6ccccc6o5)cc4)c4ccc(-c5nc6ccccc6o5)cc4)cc3)oc2cc1B. The number of fused-ring (bicyclic) bond motifs is 3. The largest absolute Gasteiger partial charge is 0.436 e. The summed E-state index contributed by atoms with van der Waals surface area (Å²) in [5.41, 5.74) is 12.9. The highest BCUT2D eigenvalue weighted by molar-refractivity contribution is 6.49. The van der Waals surface area contributed by atoms with E-state index in [2.05, 4.69) is 73.0 Å². The van der Waals surface area contributed by atoms with Crippen molar-refractivity contribution in [1.82, 2.24) is 15.0 Å². The molecule has 9 rings (SSSR count). The van der Waals surface area contributed by atoms with Gasteiger partial charge in [-0.2, -0.15) is 0 Å². The highest BCUT2D eigenvalue weighted by atomic mass is 16.4. The summed E-state index contributed by atoms with van der Waals surface area (Å²) in [6, 6.07) is 44.5. The van der Waals surface area contributed by atoms with Crippen LogP contribution in [-0.2, 0) is 0 Å². The van der Waals surface area contributed by atoms with Crippen molar-refractivity contribution in [3.05, 3.63) is 133 Å². The molecule has 0 bridgehead atoms. The number of benzene rings is 6. The lowest BCUT2D eigenvalue weighted by Crippen LogP contribution is -2.24. The Labute approximate surface area is 277 Å².